The molecule has 5 rings (SSSR count). The van der Waals surface area contributed by atoms with Gasteiger partial charge in [0, 0.05) is 23.3 Å². The Labute approximate surface area is 153 Å². The molecule has 1 aromatic carbocycles. The van der Waals surface area contributed by atoms with E-state index in [0.717, 1.165) is 38.1 Å². The summed E-state index contributed by atoms with van der Waals surface area (Å²) in [6.45, 7) is 2.06. The normalized spacial score (nSPS) is 12.7. The van der Waals surface area contributed by atoms with Gasteiger partial charge >= 0.3 is 0 Å². The molecule has 0 amide bonds. The van der Waals surface area contributed by atoms with Crippen molar-refractivity contribution in [3.05, 3.63) is 66.8 Å². The first-order chi connectivity index (χ1) is 12.8. The number of nitrogens with zero attached hydrogens (tertiary/aromatic N) is 4. The second kappa shape index (κ2) is 5.96. The van der Waals surface area contributed by atoms with Gasteiger partial charge in [0.05, 0.1) is 17.9 Å². The highest BCUT2D eigenvalue weighted by molar-refractivity contribution is 7.20. The molecule has 26 heavy (non-hydrogen) atoms. The van der Waals surface area contributed by atoms with Crippen molar-refractivity contribution >= 4 is 32.4 Å². The fourth-order valence-electron chi connectivity index (χ4n) is 2.88. The summed E-state index contributed by atoms with van der Waals surface area (Å²) < 4.78 is 7.71. The van der Waals surface area contributed by atoms with Gasteiger partial charge in [-0.15, -0.1) is 5.10 Å². The number of pyridine rings is 1. The fourth-order valence-corrected chi connectivity index (χ4v) is 3.75. The molecule has 5 aromatic rings. The maximum Gasteiger partial charge on any atom is 0.214 e. The van der Waals surface area contributed by atoms with Crippen molar-refractivity contribution in [2.45, 2.75) is 13.0 Å². The van der Waals surface area contributed by atoms with Crippen LogP contribution in [-0.4, -0.2) is 19.6 Å². The van der Waals surface area contributed by atoms with Crippen molar-refractivity contribution in [1.82, 2.24) is 19.6 Å². The first kappa shape index (κ1) is 15.1. The third-order valence-electron chi connectivity index (χ3n) is 4.21. The van der Waals surface area contributed by atoms with Gasteiger partial charge in [0.1, 0.15) is 11.3 Å². The van der Waals surface area contributed by atoms with Gasteiger partial charge in [0.15, 0.2) is 0 Å². The van der Waals surface area contributed by atoms with Crippen LogP contribution in [0.3, 0.4) is 0 Å². The third-order valence-corrected chi connectivity index (χ3v) is 5.07. The Kier molecular flexibility index (Phi) is 3.46. The molecule has 4 aromatic heterocycles. The zero-order valence-electron chi connectivity index (χ0n) is 14.0. The van der Waals surface area contributed by atoms with Gasteiger partial charge in [-0.1, -0.05) is 29.5 Å². The summed E-state index contributed by atoms with van der Waals surface area (Å²) in [5, 5.41) is 9.88. The second-order valence-corrected chi connectivity index (χ2v) is 7.01. The van der Waals surface area contributed by atoms with Crippen LogP contribution in [0, 0.1) is 0 Å². The lowest BCUT2D eigenvalue weighted by atomic mass is 10.2. The van der Waals surface area contributed by atoms with Crippen LogP contribution < -0.4 is 5.32 Å². The Hall–Kier alpha value is -3.19. The first-order valence-corrected chi connectivity index (χ1v) is 9.09. The lowest BCUT2D eigenvalue weighted by Crippen LogP contribution is -2.05. The number of anilines is 1. The highest BCUT2D eigenvalue weighted by Gasteiger charge is 2.15. The molecule has 1 atom stereocenters. The standard InChI is InChI=1S/C19H15N5OS/c1-12(17-9-13-5-2-3-7-16(13)25-17)21-18-23-24-11-15(22-19(24)26-18)14-6-4-8-20-10-14/h2-12H,1H3,(H,21,23)/t12-/m1/s1. The van der Waals surface area contributed by atoms with E-state index in [1.54, 1.807) is 16.9 Å². The number of hydrogen-bond donors (Lipinski definition) is 1. The number of imidazole rings is 1. The van der Waals surface area contributed by atoms with E-state index in [2.05, 4.69) is 33.4 Å². The minimum Gasteiger partial charge on any atom is -0.459 e. The van der Waals surface area contributed by atoms with E-state index in [1.165, 1.54) is 11.3 Å². The quantitative estimate of drug-likeness (QED) is 0.499. The summed E-state index contributed by atoms with van der Waals surface area (Å²) in [7, 11) is 0. The molecule has 0 aliphatic heterocycles. The summed E-state index contributed by atoms with van der Waals surface area (Å²) in [5.41, 5.74) is 2.75. The van der Waals surface area contributed by atoms with Crippen molar-refractivity contribution in [2.75, 3.05) is 5.32 Å². The Bertz CT molecular complexity index is 1130. The second-order valence-electron chi connectivity index (χ2n) is 6.05. The Morgan fingerprint density at radius 3 is 2.92 bits per heavy atom. The number of fused-ring (bicyclic) bond motifs is 2. The number of nitrogens with one attached hydrogen (secondary N) is 1. The van der Waals surface area contributed by atoms with Crippen LogP contribution in [0.15, 0.2) is 65.5 Å². The topological polar surface area (TPSA) is 68.2 Å². The van der Waals surface area contributed by atoms with Crippen molar-refractivity contribution < 1.29 is 4.42 Å². The van der Waals surface area contributed by atoms with Crippen LogP contribution in [0.1, 0.15) is 18.7 Å². The van der Waals surface area contributed by atoms with E-state index in [-0.39, 0.29) is 6.04 Å². The van der Waals surface area contributed by atoms with Gasteiger partial charge in [-0.3, -0.25) is 4.98 Å². The van der Waals surface area contributed by atoms with E-state index in [4.69, 9.17) is 4.42 Å². The molecule has 1 N–H and O–H groups in total. The summed E-state index contributed by atoms with van der Waals surface area (Å²) in [4.78, 5) is 9.61. The van der Waals surface area contributed by atoms with Crippen LogP contribution in [0.2, 0.25) is 0 Å². The van der Waals surface area contributed by atoms with Gasteiger partial charge in [-0.25, -0.2) is 9.50 Å². The average Bonchev–Trinajstić information content (AvgIpc) is 3.34. The molecular weight excluding hydrogens is 346 g/mol. The predicted octanol–water partition coefficient (Wildman–Crippen LogP) is 4.77. The highest BCUT2D eigenvalue weighted by atomic mass is 32.1. The Morgan fingerprint density at radius 2 is 2.12 bits per heavy atom. The number of aromatic nitrogens is 4. The van der Waals surface area contributed by atoms with Gasteiger partial charge < -0.3 is 9.73 Å². The Morgan fingerprint density at radius 1 is 1.19 bits per heavy atom. The van der Waals surface area contributed by atoms with Crippen LogP contribution in [-0.2, 0) is 0 Å². The smallest absolute Gasteiger partial charge is 0.214 e. The van der Waals surface area contributed by atoms with Crippen molar-refractivity contribution in [2.24, 2.45) is 0 Å². The summed E-state index contributed by atoms with van der Waals surface area (Å²) >= 11 is 1.51. The zero-order valence-corrected chi connectivity index (χ0v) is 14.8. The number of rotatable bonds is 4. The maximum absolute atomic E-state index is 5.92. The van der Waals surface area contributed by atoms with E-state index >= 15 is 0 Å². The lowest BCUT2D eigenvalue weighted by Gasteiger charge is -2.08. The van der Waals surface area contributed by atoms with Gasteiger partial charge in [0.2, 0.25) is 10.1 Å². The summed E-state index contributed by atoms with van der Waals surface area (Å²) in [6.07, 6.45) is 5.47. The summed E-state index contributed by atoms with van der Waals surface area (Å²) in [5.74, 6) is 0.884. The molecule has 0 aliphatic carbocycles. The Balaban J connectivity index is 1.40. The molecule has 0 saturated carbocycles. The lowest BCUT2D eigenvalue weighted by molar-refractivity contribution is 0.526. The van der Waals surface area contributed by atoms with Crippen LogP contribution in [0.25, 0.3) is 27.2 Å². The minimum atomic E-state index is 0.0102. The van der Waals surface area contributed by atoms with E-state index in [1.807, 2.05) is 42.6 Å². The summed E-state index contributed by atoms with van der Waals surface area (Å²) in [6, 6.07) is 14.0. The van der Waals surface area contributed by atoms with E-state index in [0.29, 0.717) is 0 Å². The van der Waals surface area contributed by atoms with E-state index in [9.17, 15) is 0 Å². The number of furan rings is 1. The average molecular weight is 361 g/mol. The number of hydrogen-bond acceptors (Lipinski definition) is 6. The monoisotopic (exact) mass is 361 g/mol. The minimum absolute atomic E-state index is 0.0102. The number of para-hydroxylation sites is 1. The number of benzene rings is 1. The molecule has 0 bridgehead atoms. The SMILES string of the molecule is C[C@@H](Nc1nn2cc(-c3cccnc3)nc2s1)c1cc2ccccc2o1. The first-order valence-electron chi connectivity index (χ1n) is 8.28. The van der Waals surface area contributed by atoms with Crippen molar-refractivity contribution in [3.63, 3.8) is 0 Å². The van der Waals surface area contributed by atoms with Gasteiger partial charge in [0.25, 0.3) is 0 Å². The predicted molar refractivity (Wildman–Crippen MR) is 102 cm³/mol. The molecule has 0 radical (unpaired) electrons. The van der Waals surface area contributed by atoms with E-state index < -0.39 is 0 Å². The molecule has 0 unspecified atom stereocenters. The molecule has 0 fully saturated rings. The third kappa shape index (κ3) is 2.62. The molecule has 7 heteroatoms. The zero-order chi connectivity index (χ0) is 17.5. The van der Waals surface area contributed by atoms with Crippen LogP contribution >= 0.6 is 11.3 Å². The maximum atomic E-state index is 5.92. The van der Waals surface area contributed by atoms with Crippen molar-refractivity contribution in [1.29, 1.82) is 0 Å². The molecule has 6 nitrogen and oxygen atoms in total. The van der Waals surface area contributed by atoms with Crippen LogP contribution in [0.5, 0.6) is 0 Å². The molecule has 0 aliphatic rings. The molecule has 0 spiro atoms. The van der Waals surface area contributed by atoms with Gasteiger partial charge in [-0.2, -0.15) is 0 Å². The largest absolute Gasteiger partial charge is 0.459 e. The molecular formula is C19H15N5OS. The van der Waals surface area contributed by atoms with Gasteiger partial charge in [-0.05, 0) is 31.2 Å². The molecule has 0 saturated heterocycles. The molecule has 4 heterocycles. The molecule has 128 valence electrons. The van der Waals surface area contributed by atoms with Crippen LogP contribution in [0.4, 0.5) is 5.13 Å². The van der Waals surface area contributed by atoms with Crippen molar-refractivity contribution in [3.8, 4) is 11.3 Å². The fraction of sp³-hybridized carbons (Fsp3) is 0.105. The highest BCUT2D eigenvalue weighted by Crippen LogP contribution is 2.29.